The van der Waals surface area contributed by atoms with Crippen LogP contribution in [0.4, 0.5) is 11.4 Å². The predicted octanol–water partition coefficient (Wildman–Crippen LogP) is 2.36. The summed E-state index contributed by atoms with van der Waals surface area (Å²) in [4.78, 5) is 12.5. The van der Waals surface area contributed by atoms with E-state index in [1.54, 1.807) is 19.1 Å². The van der Waals surface area contributed by atoms with Crippen molar-refractivity contribution in [3.63, 3.8) is 0 Å². The summed E-state index contributed by atoms with van der Waals surface area (Å²) in [5.74, 6) is 0.310. The second kappa shape index (κ2) is 7.58. The third-order valence-electron chi connectivity index (χ3n) is 2.57. The van der Waals surface area contributed by atoms with Crippen molar-refractivity contribution in [2.24, 2.45) is 0 Å². The first-order valence-electron chi connectivity index (χ1n) is 6.34. The molecular formula is C13H21N3O3. The standard InChI is InChI=1S/C13H21N3O3/c1-4-19-13-10-11(6-7-12(13)16(17)18)14-8-5-9-15(2)3/h6-7,10,14H,4-5,8-9H2,1-3H3. The minimum atomic E-state index is -0.430. The van der Waals surface area contributed by atoms with Crippen molar-refractivity contribution in [3.8, 4) is 5.75 Å². The number of nitro benzene ring substituents is 1. The Kier molecular flexibility index (Phi) is 6.08. The molecule has 1 N–H and O–H groups in total. The van der Waals surface area contributed by atoms with E-state index in [1.807, 2.05) is 14.1 Å². The fourth-order valence-corrected chi connectivity index (χ4v) is 1.67. The van der Waals surface area contributed by atoms with Gasteiger partial charge in [0.15, 0.2) is 5.75 Å². The molecule has 0 saturated heterocycles. The lowest BCUT2D eigenvalue weighted by atomic mass is 10.2. The number of anilines is 1. The van der Waals surface area contributed by atoms with Gasteiger partial charge in [0.2, 0.25) is 0 Å². The molecule has 0 aliphatic heterocycles. The fraction of sp³-hybridized carbons (Fsp3) is 0.538. The van der Waals surface area contributed by atoms with Crippen LogP contribution in [-0.4, -0.2) is 43.6 Å². The van der Waals surface area contributed by atoms with Crippen molar-refractivity contribution in [3.05, 3.63) is 28.3 Å². The lowest BCUT2D eigenvalue weighted by Crippen LogP contribution is -2.16. The van der Waals surface area contributed by atoms with E-state index in [0.717, 1.165) is 25.2 Å². The number of nitrogens with one attached hydrogen (secondary N) is 1. The maximum absolute atomic E-state index is 10.8. The number of nitro groups is 1. The molecule has 0 heterocycles. The normalized spacial score (nSPS) is 10.5. The summed E-state index contributed by atoms with van der Waals surface area (Å²) in [5, 5.41) is 14.1. The highest BCUT2D eigenvalue weighted by Crippen LogP contribution is 2.29. The molecular weight excluding hydrogens is 246 g/mol. The predicted molar refractivity (Wildman–Crippen MR) is 75.9 cm³/mol. The Balaban J connectivity index is 2.64. The Labute approximate surface area is 113 Å². The van der Waals surface area contributed by atoms with E-state index in [2.05, 4.69) is 10.2 Å². The number of hydrogen-bond acceptors (Lipinski definition) is 5. The maximum Gasteiger partial charge on any atom is 0.311 e. The number of rotatable bonds is 8. The van der Waals surface area contributed by atoms with Gasteiger partial charge in [-0.05, 0) is 40.1 Å². The minimum Gasteiger partial charge on any atom is -0.487 e. The fourth-order valence-electron chi connectivity index (χ4n) is 1.67. The van der Waals surface area contributed by atoms with Crippen LogP contribution in [0.25, 0.3) is 0 Å². The van der Waals surface area contributed by atoms with Crippen molar-refractivity contribution in [2.45, 2.75) is 13.3 Å². The highest BCUT2D eigenvalue weighted by molar-refractivity contribution is 5.57. The molecule has 1 aromatic rings. The number of benzene rings is 1. The van der Waals surface area contributed by atoms with Crippen molar-refractivity contribution in [1.29, 1.82) is 0 Å². The summed E-state index contributed by atoms with van der Waals surface area (Å²) >= 11 is 0. The number of ether oxygens (including phenoxy) is 1. The Hall–Kier alpha value is -1.82. The Bertz CT molecular complexity index is 422. The van der Waals surface area contributed by atoms with Crippen molar-refractivity contribution < 1.29 is 9.66 Å². The summed E-state index contributed by atoms with van der Waals surface area (Å²) in [7, 11) is 4.05. The van der Waals surface area contributed by atoms with Gasteiger partial charge in [0.25, 0.3) is 0 Å². The molecule has 19 heavy (non-hydrogen) atoms. The molecule has 106 valence electrons. The van der Waals surface area contributed by atoms with Crippen molar-refractivity contribution in [1.82, 2.24) is 4.90 Å². The summed E-state index contributed by atoms with van der Waals surface area (Å²) in [6, 6.07) is 4.85. The molecule has 0 atom stereocenters. The van der Waals surface area contributed by atoms with E-state index >= 15 is 0 Å². The van der Waals surface area contributed by atoms with Crippen LogP contribution < -0.4 is 10.1 Å². The number of nitrogens with zero attached hydrogens (tertiary/aromatic N) is 2. The molecule has 6 heteroatoms. The highest BCUT2D eigenvalue weighted by Gasteiger charge is 2.14. The molecule has 6 nitrogen and oxygen atoms in total. The second-order valence-corrected chi connectivity index (χ2v) is 4.46. The lowest BCUT2D eigenvalue weighted by molar-refractivity contribution is -0.385. The zero-order valence-corrected chi connectivity index (χ0v) is 11.7. The van der Waals surface area contributed by atoms with Gasteiger partial charge in [-0.3, -0.25) is 10.1 Å². The molecule has 0 fully saturated rings. The third-order valence-corrected chi connectivity index (χ3v) is 2.57. The maximum atomic E-state index is 10.8. The van der Waals surface area contributed by atoms with Gasteiger partial charge in [-0.1, -0.05) is 0 Å². The average Bonchev–Trinajstić information content (AvgIpc) is 2.35. The first-order valence-corrected chi connectivity index (χ1v) is 6.34. The molecule has 0 aliphatic carbocycles. The van der Waals surface area contributed by atoms with E-state index in [9.17, 15) is 10.1 Å². The smallest absolute Gasteiger partial charge is 0.311 e. The zero-order valence-electron chi connectivity index (χ0n) is 11.7. The molecule has 0 spiro atoms. The minimum absolute atomic E-state index is 0.000640. The average molecular weight is 267 g/mol. The molecule has 1 aromatic carbocycles. The molecule has 0 unspecified atom stereocenters. The number of hydrogen-bond donors (Lipinski definition) is 1. The molecule has 0 amide bonds. The van der Waals surface area contributed by atoms with Crippen LogP contribution in [0.2, 0.25) is 0 Å². The quantitative estimate of drug-likeness (QED) is 0.445. The van der Waals surface area contributed by atoms with Gasteiger partial charge in [0, 0.05) is 24.4 Å². The van der Waals surface area contributed by atoms with Crippen LogP contribution >= 0.6 is 0 Å². The van der Waals surface area contributed by atoms with Gasteiger partial charge < -0.3 is 15.0 Å². The van der Waals surface area contributed by atoms with Crippen LogP contribution in [0.1, 0.15) is 13.3 Å². The van der Waals surface area contributed by atoms with Gasteiger partial charge in [0.1, 0.15) is 0 Å². The largest absolute Gasteiger partial charge is 0.487 e. The first kappa shape index (κ1) is 15.2. The molecule has 0 bridgehead atoms. The van der Waals surface area contributed by atoms with Gasteiger partial charge in [-0.2, -0.15) is 0 Å². The molecule has 0 aliphatic rings. The van der Waals surface area contributed by atoms with Crippen LogP contribution in [0.5, 0.6) is 5.75 Å². The van der Waals surface area contributed by atoms with E-state index in [1.165, 1.54) is 6.07 Å². The summed E-state index contributed by atoms with van der Waals surface area (Å²) in [6.07, 6.45) is 1.01. The second-order valence-electron chi connectivity index (χ2n) is 4.46. The van der Waals surface area contributed by atoms with E-state index in [4.69, 9.17) is 4.74 Å². The Morgan fingerprint density at radius 2 is 2.16 bits per heavy atom. The molecule has 0 radical (unpaired) electrons. The van der Waals surface area contributed by atoms with Crippen LogP contribution in [0.15, 0.2) is 18.2 Å². The van der Waals surface area contributed by atoms with Crippen LogP contribution in [-0.2, 0) is 0 Å². The summed E-state index contributed by atoms with van der Waals surface area (Å²) in [6.45, 7) is 4.03. The van der Waals surface area contributed by atoms with Crippen molar-refractivity contribution in [2.75, 3.05) is 39.1 Å². The van der Waals surface area contributed by atoms with E-state index in [-0.39, 0.29) is 5.69 Å². The Morgan fingerprint density at radius 3 is 2.74 bits per heavy atom. The monoisotopic (exact) mass is 267 g/mol. The van der Waals surface area contributed by atoms with Gasteiger partial charge in [-0.15, -0.1) is 0 Å². The topological polar surface area (TPSA) is 67.6 Å². The lowest BCUT2D eigenvalue weighted by Gasteiger charge is -2.11. The molecule has 0 aromatic heterocycles. The SMILES string of the molecule is CCOc1cc(NCCCN(C)C)ccc1[N+](=O)[O-]. The van der Waals surface area contributed by atoms with E-state index < -0.39 is 4.92 Å². The zero-order chi connectivity index (χ0) is 14.3. The van der Waals surface area contributed by atoms with Gasteiger partial charge >= 0.3 is 5.69 Å². The molecule has 1 rings (SSSR count). The van der Waals surface area contributed by atoms with Gasteiger partial charge in [0.05, 0.1) is 11.5 Å². The first-order chi connectivity index (χ1) is 9.04. The van der Waals surface area contributed by atoms with Gasteiger partial charge in [-0.25, -0.2) is 0 Å². The highest BCUT2D eigenvalue weighted by atomic mass is 16.6. The van der Waals surface area contributed by atoms with E-state index in [0.29, 0.717) is 12.4 Å². The van der Waals surface area contributed by atoms with Crippen molar-refractivity contribution >= 4 is 11.4 Å². The molecule has 0 saturated carbocycles. The van der Waals surface area contributed by atoms with Crippen LogP contribution in [0.3, 0.4) is 0 Å². The summed E-state index contributed by atoms with van der Waals surface area (Å²) in [5.41, 5.74) is 0.841. The summed E-state index contributed by atoms with van der Waals surface area (Å²) < 4.78 is 5.29. The third kappa shape index (κ3) is 5.13. The van der Waals surface area contributed by atoms with Crippen LogP contribution in [0, 0.1) is 10.1 Å². The Morgan fingerprint density at radius 1 is 1.42 bits per heavy atom.